The molecule has 12 aromatic rings. The zero-order chi connectivity index (χ0) is 61.9. The fraction of sp³-hybridized carbons (Fsp3) is 0.241. The van der Waals surface area contributed by atoms with Crippen molar-refractivity contribution in [1.29, 1.82) is 0 Å². The first-order valence-corrected chi connectivity index (χ1v) is 31.9. The largest absolute Gasteiger partial charge is 0.310 e. The van der Waals surface area contributed by atoms with E-state index < -0.39 is 0 Å². The summed E-state index contributed by atoms with van der Waals surface area (Å²) in [7, 11) is 0. The third kappa shape index (κ3) is 12.3. The van der Waals surface area contributed by atoms with Crippen LogP contribution in [0.4, 0.5) is 17.1 Å². The Balaban J connectivity index is 0.912. The molecule has 0 amide bonds. The minimum atomic E-state index is -0.0231. The average Bonchev–Trinajstić information content (AvgIpc) is 0.772. The Kier molecular flexibility index (Phi) is 15.8. The average molecular weight is 1150 g/mol. The van der Waals surface area contributed by atoms with E-state index in [4.69, 9.17) is 0 Å². The summed E-state index contributed by atoms with van der Waals surface area (Å²) in [5, 5.41) is 7.43. The second-order valence-electron chi connectivity index (χ2n) is 29.2. The molecule has 1 nitrogen and oxygen atoms in total. The van der Waals surface area contributed by atoms with Crippen LogP contribution in [0.25, 0.3) is 76.8 Å². The van der Waals surface area contributed by atoms with Crippen molar-refractivity contribution in [3.63, 3.8) is 0 Å². The third-order valence-corrected chi connectivity index (χ3v) is 18.5. The molecule has 0 aliphatic heterocycles. The number of hydrogen-bond donors (Lipinski definition) is 0. The molecule has 1 unspecified atom stereocenters. The van der Waals surface area contributed by atoms with Crippen LogP contribution in [0.5, 0.6) is 0 Å². The summed E-state index contributed by atoms with van der Waals surface area (Å²) in [6, 6.07) is 92.4. The normalized spacial score (nSPS) is 12.7. The molecule has 440 valence electrons. The summed E-state index contributed by atoms with van der Waals surface area (Å²) in [6.45, 7) is 32.4. The van der Waals surface area contributed by atoms with E-state index in [0.717, 1.165) is 29.9 Å². The minimum absolute atomic E-state index is 0.0231. The van der Waals surface area contributed by atoms with Crippen LogP contribution in [0.1, 0.15) is 138 Å². The number of fused-ring (bicyclic) bond motifs is 5. The topological polar surface area (TPSA) is 3.24 Å². The van der Waals surface area contributed by atoms with E-state index in [1.807, 2.05) is 0 Å². The molecular weight excluding hydrogens is 1060 g/mol. The molecule has 88 heavy (non-hydrogen) atoms. The van der Waals surface area contributed by atoms with Crippen LogP contribution in [0, 0.1) is 38.5 Å². The lowest BCUT2D eigenvalue weighted by Crippen LogP contribution is -2.24. The molecule has 0 N–H and O–H groups in total. The lowest BCUT2D eigenvalue weighted by atomic mass is 9.72. The van der Waals surface area contributed by atoms with Gasteiger partial charge in [0, 0.05) is 22.7 Å². The highest BCUT2D eigenvalue weighted by Crippen LogP contribution is 2.49. The van der Waals surface area contributed by atoms with Crippen molar-refractivity contribution in [2.75, 3.05) is 4.90 Å². The van der Waals surface area contributed by atoms with Gasteiger partial charge < -0.3 is 4.90 Å². The lowest BCUT2D eigenvalue weighted by molar-refractivity contribution is 0.283. The molecule has 0 saturated heterocycles. The highest BCUT2D eigenvalue weighted by atomic mass is 15.1. The summed E-state index contributed by atoms with van der Waals surface area (Å²) in [6.07, 6.45) is 2.26. The van der Waals surface area contributed by atoms with Gasteiger partial charge in [-0.3, -0.25) is 0 Å². The zero-order valence-electron chi connectivity index (χ0n) is 54.5. The van der Waals surface area contributed by atoms with Crippen molar-refractivity contribution >= 4 is 49.4 Å². The number of nitrogens with zero attached hydrogens (tertiary/aromatic N) is 1. The predicted molar refractivity (Wildman–Crippen MR) is 382 cm³/mol. The van der Waals surface area contributed by atoms with Gasteiger partial charge in [-0.25, -0.2) is 0 Å². The highest BCUT2D eigenvalue weighted by molar-refractivity contribution is 6.22. The van der Waals surface area contributed by atoms with E-state index in [9.17, 15) is 0 Å². The summed E-state index contributed by atoms with van der Waals surface area (Å²) < 4.78 is 0. The van der Waals surface area contributed by atoms with Crippen LogP contribution < -0.4 is 4.90 Å². The molecule has 12 aromatic carbocycles. The Hall–Kier alpha value is -8.78. The Morgan fingerprint density at radius 3 is 1.09 bits per heavy atom. The zero-order valence-corrected chi connectivity index (χ0v) is 54.5. The predicted octanol–water partition coefficient (Wildman–Crippen LogP) is 25.1. The molecular formula is C87H87N. The molecule has 0 heterocycles. The van der Waals surface area contributed by atoms with E-state index in [1.165, 1.54) is 127 Å². The molecule has 0 radical (unpaired) electrons. The summed E-state index contributed by atoms with van der Waals surface area (Å²) in [5.74, 6) is -0.0231. The second kappa shape index (κ2) is 23.4. The van der Waals surface area contributed by atoms with E-state index in [2.05, 4.69) is 344 Å². The quantitative estimate of drug-likeness (QED) is 0.0775. The fourth-order valence-corrected chi connectivity index (χ4v) is 15.0. The Labute approximate surface area is 525 Å². The van der Waals surface area contributed by atoms with E-state index in [0.29, 0.717) is 0 Å². The summed E-state index contributed by atoms with van der Waals surface area (Å²) in [4.78, 5) is 2.50. The van der Waals surface area contributed by atoms with Gasteiger partial charge in [-0.1, -0.05) is 293 Å². The molecule has 0 saturated carbocycles. The molecule has 0 bridgehead atoms. The van der Waals surface area contributed by atoms with Gasteiger partial charge in [0.15, 0.2) is 0 Å². The Morgan fingerprint density at radius 1 is 0.295 bits per heavy atom. The monoisotopic (exact) mass is 1150 g/mol. The van der Waals surface area contributed by atoms with Crippen LogP contribution in [-0.4, -0.2) is 0 Å². The van der Waals surface area contributed by atoms with E-state index >= 15 is 0 Å². The molecule has 0 spiro atoms. The van der Waals surface area contributed by atoms with Gasteiger partial charge in [0.05, 0.1) is 5.69 Å². The Morgan fingerprint density at radius 2 is 0.659 bits per heavy atom. The maximum Gasteiger partial charge on any atom is 0.0546 e. The molecule has 1 atom stereocenters. The van der Waals surface area contributed by atoms with Gasteiger partial charge in [0.2, 0.25) is 0 Å². The van der Waals surface area contributed by atoms with Gasteiger partial charge in [0.1, 0.15) is 0 Å². The van der Waals surface area contributed by atoms with Crippen LogP contribution >= 0.6 is 0 Å². The van der Waals surface area contributed by atoms with Gasteiger partial charge in [-0.05, 0) is 203 Å². The van der Waals surface area contributed by atoms with Crippen molar-refractivity contribution in [3.8, 4) is 44.5 Å². The van der Waals surface area contributed by atoms with Crippen molar-refractivity contribution in [2.24, 2.45) is 10.8 Å². The third-order valence-electron chi connectivity index (χ3n) is 18.5. The molecule has 12 rings (SSSR count). The lowest BCUT2D eigenvalue weighted by Gasteiger charge is -2.33. The van der Waals surface area contributed by atoms with Crippen molar-refractivity contribution < 1.29 is 0 Å². The molecule has 1 heteroatoms. The van der Waals surface area contributed by atoms with Crippen molar-refractivity contribution in [2.45, 2.75) is 127 Å². The van der Waals surface area contributed by atoms with E-state index in [1.54, 1.807) is 0 Å². The van der Waals surface area contributed by atoms with Gasteiger partial charge in [-0.2, -0.15) is 0 Å². The molecule has 0 aromatic heterocycles. The van der Waals surface area contributed by atoms with Gasteiger partial charge in [-0.15, -0.1) is 0 Å². The number of anilines is 3. The number of hydrogen-bond acceptors (Lipinski definition) is 1. The maximum absolute atomic E-state index is 2.53. The number of aryl methyl sites for hydroxylation is 4. The van der Waals surface area contributed by atoms with Crippen LogP contribution in [0.3, 0.4) is 0 Å². The van der Waals surface area contributed by atoms with Crippen LogP contribution in [-0.2, 0) is 10.8 Å². The fourth-order valence-electron chi connectivity index (χ4n) is 15.0. The van der Waals surface area contributed by atoms with Crippen LogP contribution in [0.15, 0.2) is 243 Å². The highest BCUT2D eigenvalue weighted by Gasteiger charge is 2.30. The first kappa shape index (κ1) is 59.5. The Bertz CT molecular complexity index is 4190. The number of rotatable bonds is 14. The molecule has 0 aliphatic rings. The summed E-state index contributed by atoms with van der Waals surface area (Å²) >= 11 is 0. The van der Waals surface area contributed by atoms with E-state index in [-0.39, 0.29) is 27.6 Å². The minimum Gasteiger partial charge on any atom is -0.310 e. The molecule has 0 aliphatic carbocycles. The summed E-state index contributed by atoms with van der Waals surface area (Å²) in [5.41, 5.74) is 25.6. The van der Waals surface area contributed by atoms with Crippen LogP contribution in [0.2, 0.25) is 0 Å². The first-order valence-electron chi connectivity index (χ1n) is 31.9. The van der Waals surface area contributed by atoms with Crippen molar-refractivity contribution in [1.82, 2.24) is 0 Å². The SMILES string of the molecule is Cc1ccc(C(c2ccc(-c3ccc(-c4ccc(C(C)(C)CC(C)(C)C)cc4)cc3)cc2)c2cc3c4ccccc4c(N(c4ccc(-c5ccc(-c6ccc(C(C)(C)CC(C)(C)C)cc6)cc5)cc4)c4ccc(C)cc4C)cc3c3ccccc23)c(C)c1. The number of benzene rings is 12. The molecule has 0 fully saturated rings. The van der Waals surface area contributed by atoms with Gasteiger partial charge in [0.25, 0.3) is 0 Å². The maximum atomic E-state index is 2.53. The standard InChI is InChI=1S/C87H87N/c1-57-23-49-73(59(3)51-57)83(69-35-33-65(34-36-69)61-25-27-62(28-26-61)66-37-43-70(44-38-66)86(11,12)55-84(5,6)7)80-53-78-76-21-17-18-22-77(76)82(54-79(78)74-19-15-16-20-75(74)80)88(81-50-24-58(2)52-60(81)4)72-47-41-68(42-48-72)64-31-29-63(30-32-64)67-39-45-71(46-40-67)87(13,14)56-85(8,9)10/h15-54,83H,55-56H2,1-14H3. The van der Waals surface area contributed by atoms with Gasteiger partial charge >= 0.3 is 0 Å². The van der Waals surface area contributed by atoms with Crippen molar-refractivity contribution in [3.05, 3.63) is 293 Å². The second-order valence-corrected chi connectivity index (χ2v) is 29.2. The smallest absolute Gasteiger partial charge is 0.0546 e. The first-order chi connectivity index (χ1) is 42.0.